The molecule has 0 aliphatic carbocycles. The van der Waals surface area contributed by atoms with Crippen molar-refractivity contribution in [1.29, 1.82) is 0 Å². The van der Waals surface area contributed by atoms with Crippen molar-refractivity contribution in [3.05, 3.63) is 42.0 Å². The molecule has 1 aliphatic rings. The number of rotatable bonds is 4. The molecule has 1 saturated heterocycles. The third-order valence-corrected chi connectivity index (χ3v) is 4.74. The maximum atomic E-state index is 12.4. The van der Waals surface area contributed by atoms with Gasteiger partial charge in [0.2, 0.25) is 0 Å². The highest BCUT2D eigenvalue weighted by Gasteiger charge is 2.45. The number of carboxylic acid groups (broad SMARTS) is 1. The zero-order valence-corrected chi connectivity index (χ0v) is 13.9. The summed E-state index contributed by atoms with van der Waals surface area (Å²) in [5, 5.41) is 14.3. The van der Waals surface area contributed by atoms with Gasteiger partial charge >= 0.3 is 5.97 Å². The molecule has 3 heterocycles. The second-order valence-electron chi connectivity index (χ2n) is 6.55. The molecule has 0 saturated carbocycles. The van der Waals surface area contributed by atoms with Crippen molar-refractivity contribution in [2.75, 3.05) is 13.1 Å². The standard InChI is InChI=1S/C17H22N4O3/c1-12(2)13-5-9-21(19-13)17(16(23)24)6-10-20(11-7-17)15(22)14-4-3-8-18-14/h3-5,8-9,12,18H,6-7,10-11H2,1-2H3,(H,23,24). The summed E-state index contributed by atoms with van der Waals surface area (Å²) in [5.74, 6) is -0.748. The predicted molar refractivity (Wildman–Crippen MR) is 87.9 cm³/mol. The Hall–Kier alpha value is -2.57. The molecule has 0 unspecified atom stereocenters. The summed E-state index contributed by atoms with van der Waals surface area (Å²) in [6, 6.07) is 5.37. The van der Waals surface area contributed by atoms with E-state index >= 15 is 0 Å². The van der Waals surface area contributed by atoms with Crippen LogP contribution in [0, 0.1) is 0 Å². The highest BCUT2D eigenvalue weighted by atomic mass is 16.4. The fourth-order valence-corrected chi connectivity index (χ4v) is 3.14. The Kier molecular flexibility index (Phi) is 4.17. The molecular formula is C17H22N4O3. The number of H-pyrrole nitrogens is 1. The number of piperidine rings is 1. The number of hydrogen-bond donors (Lipinski definition) is 2. The van der Waals surface area contributed by atoms with E-state index in [-0.39, 0.29) is 11.8 Å². The summed E-state index contributed by atoms with van der Waals surface area (Å²) in [6.45, 7) is 4.83. The van der Waals surface area contributed by atoms with Crippen LogP contribution >= 0.6 is 0 Å². The first kappa shape index (κ1) is 16.3. The third kappa shape index (κ3) is 2.70. The van der Waals surface area contributed by atoms with Gasteiger partial charge in [0.25, 0.3) is 5.91 Å². The molecule has 7 nitrogen and oxygen atoms in total. The van der Waals surface area contributed by atoms with Gasteiger partial charge in [0.1, 0.15) is 5.69 Å². The number of nitrogens with one attached hydrogen (secondary N) is 1. The number of amides is 1. The van der Waals surface area contributed by atoms with Crippen LogP contribution in [0.3, 0.4) is 0 Å². The average molecular weight is 330 g/mol. The van der Waals surface area contributed by atoms with Gasteiger partial charge in [-0.25, -0.2) is 4.79 Å². The summed E-state index contributed by atoms with van der Waals surface area (Å²) in [7, 11) is 0. The van der Waals surface area contributed by atoms with Gasteiger partial charge in [-0.1, -0.05) is 13.8 Å². The van der Waals surface area contributed by atoms with Gasteiger partial charge in [-0.05, 0) is 24.1 Å². The Bertz CT molecular complexity index is 725. The van der Waals surface area contributed by atoms with E-state index in [1.807, 2.05) is 19.9 Å². The molecule has 0 radical (unpaired) electrons. The van der Waals surface area contributed by atoms with Crippen molar-refractivity contribution in [3.63, 3.8) is 0 Å². The lowest BCUT2D eigenvalue weighted by atomic mass is 9.87. The second kappa shape index (κ2) is 6.14. The zero-order valence-electron chi connectivity index (χ0n) is 13.9. The van der Waals surface area contributed by atoms with Gasteiger partial charge in [0, 0.05) is 38.3 Å². The smallest absolute Gasteiger partial charge is 0.331 e. The van der Waals surface area contributed by atoms with Crippen LogP contribution in [0.25, 0.3) is 0 Å². The summed E-state index contributed by atoms with van der Waals surface area (Å²) in [6.07, 6.45) is 4.13. The minimum atomic E-state index is -1.08. The van der Waals surface area contributed by atoms with Crippen LogP contribution in [-0.4, -0.2) is 49.7 Å². The monoisotopic (exact) mass is 330 g/mol. The molecule has 2 aromatic heterocycles. The highest BCUT2D eigenvalue weighted by Crippen LogP contribution is 2.31. The number of hydrogen-bond acceptors (Lipinski definition) is 3. The minimum absolute atomic E-state index is 0.0951. The molecule has 1 aliphatic heterocycles. The topological polar surface area (TPSA) is 91.2 Å². The molecule has 128 valence electrons. The van der Waals surface area contributed by atoms with Crippen molar-refractivity contribution in [3.8, 4) is 0 Å². The van der Waals surface area contributed by atoms with Gasteiger partial charge < -0.3 is 15.0 Å². The molecule has 0 atom stereocenters. The van der Waals surface area contributed by atoms with E-state index in [1.165, 1.54) is 0 Å². The van der Waals surface area contributed by atoms with Crippen LogP contribution in [0.5, 0.6) is 0 Å². The Morgan fingerprint density at radius 3 is 2.50 bits per heavy atom. The Balaban J connectivity index is 1.79. The molecule has 1 fully saturated rings. The fraction of sp³-hybridized carbons (Fsp3) is 0.471. The van der Waals surface area contributed by atoms with Gasteiger partial charge in [0.05, 0.1) is 5.69 Å². The lowest BCUT2D eigenvalue weighted by Gasteiger charge is -2.38. The largest absolute Gasteiger partial charge is 0.479 e. The summed E-state index contributed by atoms with van der Waals surface area (Å²) in [5.41, 5.74) is 0.319. The van der Waals surface area contributed by atoms with Gasteiger partial charge in [-0.2, -0.15) is 5.10 Å². The van der Waals surface area contributed by atoms with E-state index in [0.29, 0.717) is 31.6 Å². The van der Waals surface area contributed by atoms with Crippen LogP contribution < -0.4 is 0 Å². The molecule has 24 heavy (non-hydrogen) atoms. The molecule has 0 bridgehead atoms. The lowest BCUT2D eigenvalue weighted by Crippen LogP contribution is -2.52. The van der Waals surface area contributed by atoms with Crippen LogP contribution in [-0.2, 0) is 10.3 Å². The molecule has 0 spiro atoms. The fourth-order valence-electron chi connectivity index (χ4n) is 3.14. The van der Waals surface area contributed by atoms with E-state index in [2.05, 4.69) is 10.1 Å². The summed E-state index contributed by atoms with van der Waals surface area (Å²) in [4.78, 5) is 29.0. The first-order chi connectivity index (χ1) is 11.4. The molecule has 1 amide bonds. The van der Waals surface area contributed by atoms with E-state index in [1.54, 1.807) is 34.1 Å². The number of carbonyl (C=O) groups is 2. The molecule has 2 aromatic rings. The number of likely N-dealkylation sites (tertiary alicyclic amines) is 1. The van der Waals surface area contributed by atoms with Crippen LogP contribution in [0.2, 0.25) is 0 Å². The van der Waals surface area contributed by atoms with Crippen LogP contribution in [0.15, 0.2) is 30.6 Å². The second-order valence-corrected chi connectivity index (χ2v) is 6.55. The maximum absolute atomic E-state index is 12.4. The number of carboxylic acids is 1. The summed E-state index contributed by atoms with van der Waals surface area (Å²) < 4.78 is 1.57. The van der Waals surface area contributed by atoms with E-state index in [9.17, 15) is 14.7 Å². The van der Waals surface area contributed by atoms with Crippen molar-refractivity contribution < 1.29 is 14.7 Å². The number of aromatic nitrogens is 3. The first-order valence-electron chi connectivity index (χ1n) is 8.16. The number of aromatic amines is 1. The predicted octanol–water partition coefficient (Wildman–Crippen LogP) is 2.05. The molecule has 3 rings (SSSR count). The summed E-state index contributed by atoms with van der Waals surface area (Å²) >= 11 is 0. The van der Waals surface area contributed by atoms with Crippen molar-refractivity contribution in [1.82, 2.24) is 19.7 Å². The highest BCUT2D eigenvalue weighted by molar-refractivity contribution is 5.92. The minimum Gasteiger partial charge on any atom is -0.479 e. The van der Waals surface area contributed by atoms with Crippen molar-refractivity contribution in [2.45, 2.75) is 38.1 Å². The van der Waals surface area contributed by atoms with E-state index < -0.39 is 11.5 Å². The zero-order chi connectivity index (χ0) is 17.3. The van der Waals surface area contributed by atoms with E-state index in [0.717, 1.165) is 5.69 Å². The maximum Gasteiger partial charge on any atom is 0.331 e. The first-order valence-corrected chi connectivity index (χ1v) is 8.16. The van der Waals surface area contributed by atoms with Gasteiger partial charge in [0.15, 0.2) is 5.54 Å². The number of carbonyl (C=O) groups excluding carboxylic acids is 1. The molecule has 2 N–H and O–H groups in total. The van der Waals surface area contributed by atoms with Crippen LogP contribution in [0.4, 0.5) is 0 Å². The number of nitrogens with zero attached hydrogens (tertiary/aromatic N) is 3. The van der Waals surface area contributed by atoms with Crippen LogP contribution in [0.1, 0.15) is 48.8 Å². The van der Waals surface area contributed by atoms with Gasteiger partial charge in [-0.3, -0.25) is 9.48 Å². The Labute approximate surface area is 140 Å². The number of aliphatic carboxylic acids is 1. The van der Waals surface area contributed by atoms with E-state index in [4.69, 9.17) is 0 Å². The normalized spacial score (nSPS) is 17.2. The average Bonchev–Trinajstić information content (AvgIpc) is 3.25. The third-order valence-electron chi connectivity index (χ3n) is 4.74. The Morgan fingerprint density at radius 1 is 1.29 bits per heavy atom. The van der Waals surface area contributed by atoms with Crippen molar-refractivity contribution >= 4 is 11.9 Å². The molecular weight excluding hydrogens is 308 g/mol. The Morgan fingerprint density at radius 2 is 2.00 bits per heavy atom. The van der Waals surface area contributed by atoms with Crippen molar-refractivity contribution in [2.24, 2.45) is 0 Å². The molecule has 7 heteroatoms. The van der Waals surface area contributed by atoms with Gasteiger partial charge in [-0.15, -0.1) is 0 Å². The quantitative estimate of drug-likeness (QED) is 0.897. The molecule has 0 aromatic carbocycles. The SMILES string of the molecule is CC(C)c1ccn(C2(C(=O)O)CCN(C(=O)c3ccc[nH]3)CC2)n1. The lowest BCUT2D eigenvalue weighted by molar-refractivity contribution is -0.150.